The molecule has 4 amide bonds. The van der Waals surface area contributed by atoms with Gasteiger partial charge in [-0.1, -0.05) is 44.4 Å². The summed E-state index contributed by atoms with van der Waals surface area (Å²) in [4.78, 5) is 56.1. The van der Waals surface area contributed by atoms with Crippen molar-refractivity contribution in [2.24, 2.45) is 11.7 Å². The van der Waals surface area contributed by atoms with Crippen molar-refractivity contribution in [3.63, 3.8) is 0 Å². The van der Waals surface area contributed by atoms with Crippen LogP contribution in [0.15, 0.2) is 30.3 Å². The summed E-state index contributed by atoms with van der Waals surface area (Å²) in [5, 5.41) is 3.12. The molecule has 1 spiro atoms. The van der Waals surface area contributed by atoms with Crippen molar-refractivity contribution in [2.45, 2.75) is 69.9 Å². The zero-order chi connectivity index (χ0) is 25.7. The molecular weight excluding hydrogens is 458 g/mol. The maximum absolute atomic E-state index is 13.8. The van der Waals surface area contributed by atoms with E-state index in [2.05, 4.69) is 10.2 Å². The predicted octanol–water partition coefficient (Wildman–Crippen LogP) is 1.82. The van der Waals surface area contributed by atoms with Crippen LogP contribution in [0, 0.1) is 12.3 Å². The van der Waals surface area contributed by atoms with Crippen molar-refractivity contribution in [3.8, 4) is 0 Å². The maximum Gasteiger partial charge on any atom is 0.250 e. The quantitative estimate of drug-likeness (QED) is 0.570. The molecule has 1 saturated carbocycles. The average Bonchev–Trinajstić information content (AvgIpc) is 3.14. The molecule has 2 saturated heterocycles. The third kappa shape index (κ3) is 5.65. The van der Waals surface area contributed by atoms with Crippen LogP contribution in [0.2, 0.25) is 0 Å². The molecule has 3 fully saturated rings. The number of anilines is 1. The highest BCUT2D eigenvalue weighted by atomic mass is 16.2. The first kappa shape index (κ1) is 26.0. The zero-order valence-electron chi connectivity index (χ0n) is 21.2. The highest BCUT2D eigenvalue weighted by Crippen LogP contribution is 2.39. The second kappa shape index (κ2) is 11.3. The van der Waals surface area contributed by atoms with Gasteiger partial charge in [0, 0.05) is 30.7 Å². The van der Waals surface area contributed by atoms with E-state index in [4.69, 9.17) is 5.73 Å². The van der Waals surface area contributed by atoms with Crippen molar-refractivity contribution in [2.75, 3.05) is 31.2 Å². The summed E-state index contributed by atoms with van der Waals surface area (Å²) in [5.41, 5.74) is 5.45. The van der Waals surface area contributed by atoms with Crippen LogP contribution < -0.4 is 16.0 Å². The lowest BCUT2D eigenvalue weighted by Gasteiger charge is -2.43. The Hall–Kier alpha value is -3.10. The molecule has 3 N–H and O–H groups in total. The number of benzene rings is 1. The molecule has 9 heteroatoms. The molecule has 2 heterocycles. The molecule has 9 nitrogen and oxygen atoms in total. The summed E-state index contributed by atoms with van der Waals surface area (Å²) in [6, 6.07) is 9.99. The molecule has 1 aromatic carbocycles. The number of nitrogens with zero attached hydrogens (tertiary/aromatic N) is 3. The van der Waals surface area contributed by atoms with Gasteiger partial charge in [-0.25, -0.2) is 0 Å². The minimum Gasteiger partial charge on any atom is -0.369 e. The molecule has 36 heavy (non-hydrogen) atoms. The first-order valence-corrected chi connectivity index (χ1v) is 13.1. The fourth-order valence-corrected chi connectivity index (χ4v) is 5.64. The summed E-state index contributed by atoms with van der Waals surface area (Å²) in [7, 11) is 0. The number of primary amides is 1. The van der Waals surface area contributed by atoms with Gasteiger partial charge in [0.25, 0.3) is 5.91 Å². The summed E-state index contributed by atoms with van der Waals surface area (Å²) in [6.07, 6.45) is 8.25. The van der Waals surface area contributed by atoms with Gasteiger partial charge in [0.15, 0.2) is 0 Å². The number of likely N-dealkylation sites (tertiary alicyclic amines) is 1. The first-order valence-electron chi connectivity index (χ1n) is 13.1. The third-order valence-corrected chi connectivity index (χ3v) is 7.92. The first-order chi connectivity index (χ1) is 17.3. The topological polar surface area (TPSA) is 116 Å². The number of hydrogen-bond donors (Lipinski definition) is 2. The molecule has 1 atom stereocenters. The number of piperidine rings is 1. The second-order valence-corrected chi connectivity index (χ2v) is 10.4. The normalized spacial score (nSPS) is 21.0. The maximum atomic E-state index is 13.8. The van der Waals surface area contributed by atoms with E-state index in [1.807, 2.05) is 30.3 Å². The monoisotopic (exact) mass is 496 g/mol. The standard InChI is InChI=1S/C27H38N5O4/c1-20(25(28)35)12-13-24(34)30-16-14-27(15-17-30)26(36)31(19-32(27)22-10-6-3-7-11-22)18-23(33)29-21-8-4-2-5-9-21/h3,6-7,10-11,13,20-21H,2,4-5,8-9,12,14-19H2,1H3,(H2,28,35)(H,29,33)/t20-/m1/s1. The Bertz CT molecular complexity index is 954. The second-order valence-electron chi connectivity index (χ2n) is 10.4. The van der Waals surface area contributed by atoms with Gasteiger partial charge in [0.1, 0.15) is 12.1 Å². The van der Waals surface area contributed by atoms with Crippen LogP contribution in [0.4, 0.5) is 5.69 Å². The average molecular weight is 497 g/mol. The lowest BCUT2D eigenvalue weighted by Crippen LogP contribution is -2.57. The van der Waals surface area contributed by atoms with E-state index in [1.54, 1.807) is 16.7 Å². The molecule has 2 aliphatic heterocycles. The van der Waals surface area contributed by atoms with Crippen LogP contribution in [0.25, 0.3) is 0 Å². The highest BCUT2D eigenvalue weighted by molar-refractivity contribution is 5.96. The number of rotatable bonds is 8. The molecule has 1 radical (unpaired) electrons. The van der Waals surface area contributed by atoms with Crippen molar-refractivity contribution < 1.29 is 19.2 Å². The van der Waals surface area contributed by atoms with Crippen LogP contribution in [-0.2, 0) is 19.2 Å². The van der Waals surface area contributed by atoms with Crippen molar-refractivity contribution in [1.82, 2.24) is 15.1 Å². The summed E-state index contributed by atoms with van der Waals surface area (Å²) in [5.74, 6) is -1.13. The molecule has 1 aliphatic carbocycles. The molecule has 0 unspecified atom stereocenters. The van der Waals surface area contributed by atoms with Crippen LogP contribution in [0.5, 0.6) is 0 Å². The van der Waals surface area contributed by atoms with Crippen LogP contribution in [0.1, 0.15) is 58.3 Å². The number of amides is 4. The fraction of sp³-hybridized carbons (Fsp3) is 0.593. The fourth-order valence-electron chi connectivity index (χ4n) is 5.64. The Morgan fingerprint density at radius 3 is 2.42 bits per heavy atom. The molecule has 0 aromatic heterocycles. The molecule has 1 aromatic rings. The third-order valence-electron chi connectivity index (χ3n) is 7.92. The Morgan fingerprint density at radius 2 is 1.78 bits per heavy atom. The lowest BCUT2D eigenvalue weighted by atomic mass is 9.85. The largest absolute Gasteiger partial charge is 0.369 e. The summed E-state index contributed by atoms with van der Waals surface area (Å²) >= 11 is 0. The van der Waals surface area contributed by atoms with E-state index in [0.717, 1.165) is 31.4 Å². The van der Waals surface area contributed by atoms with Crippen molar-refractivity contribution in [1.29, 1.82) is 0 Å². The Kier molecular flexibility index (Phi) is 8.16. The van der Waals surface area contributed by atoms with Crippen molar-refractivity contribution >= 4 is 29.3 Å². The van der Waals surface area contributed by atoms with Gasteiger partial charge < -0.3 is 25.8 Å². The Balaban J connectivity index is 1.43. The SMILES string of the molecule is C[C@H](C[CH]C(=O)N1CCC2(CC1)C(=O)N(CC(=O)NC1CCCCC1)CN2c1ccccc1)C(N)=O. The van der Waals surface area contributed by atoms with E-state index in [0.29, 0.717) is 39.0 Å². The van der Waals surface area contributed by atoms with E-state index >= 15 is 0 Å². The predicted molar refractivity (Wildman–Crippen MR) is 136 cm³/mol. The Morgan fingerprint density at radius 1 is 1.11 bits per heavy atom. The minimum atomic E-state index is -0.788. The lowest BCUT2D eigenvalue weighted by molar-refractivity contribution is -0.139. The van der Waals surface area contributed by atoms with Gasteiger partial charge >= 0.3 is 0 Å². The highest BCUT2D eigenvalue weighted by Gasteiger charge is 2.54. The molecule has 3 aliphatic rings. The molecule has 195 valence electrons. The zero-order valence-corrected chi connectivity index (χ0v) is 21.2. The number of nitrogens with one attached hydrogen (secondary N) is 1. The smallest absolute Gasteiger partial charge is 0.250 e. The van der Waals surface area contributed by atoms with Gasteiger partial charge in [-0.05, 0) is 44.2 Å². The van der Waals surface area contributed by atoms with Gasteiger partial charge in [-0.15, -0.1) is 0 Å². The summed E-state index contributed by atoms with van der Waals surface area (Å²) < 4.78 is 0. The number of nitrogens with two attached hydrogens (primary N) is 1. The van der Waals surface area contributed by atoms with Gasteiger partial charge in [0.05, 0.1) is 13.1 Å². The van der Waals surface area contributed by atoms with Crippen LogP contribution >= 0.6 is 0 Å². The molecule has 4 rings (SSSR count). The van der Waals surface area contributed by atoms with Crippen LogP contribution in [0.3, 0.4) is 0 Å². The van der Waals surface area contributed by atoms with Crippen LogP contribution in [-0.4, -0.2) is 71.3 Å². The number of carbonyl (C=O) groups is 4. The van der Waals surface area contributed by atoms with E-state index in [-0.39, 0.29) is 30.3 Å². The Labute approximate surface area is 213 Å². The number of para-hydroxylation sites is 1. The minimum absolute atomic E-state index is 0.0435. The van der Waals surface area contributed by atoms with E-state index in [1.165, 1.54) is 12.8 Å². The molecular formula is C27H38N5O4. The molecule has 0 bridgehead atoms. The van der Waals surface area contributed by atoms with E-state index in [9.17, 15) is 19.2 Å². The van der Waals surface area contributed by atoms with Gasteiger partial charge in [0.2, 0.25) is 17.7 Å². The van der Waals surface area contributed by atoms with E-state index < -0.39 is 17.4 Å². The van der Waals surface area contributed by atoms with Gasteiger partial charge in [-0.2, -0.15) is 0 Å². The number of hydrogen-bond acceptors (Lipinski definition) is 5. The van der Waals surface area contributed by atoms with Gasteiger partial charge in [-0.3, -0.25) is 19.2 Å². The van der Waals surface area contributed by atoms with Crippen molar-refractivity contribution in [3.05, 3.63) is 36.8 Å². The number of carbonyl (C=O) groups excluding carboxylic acids is 4. The summed E-state index contributed by atoms with van der Waals surface area (Å²) in [6.45, 7) is 2.94.